The van der Waals surface area contributed by atoms with Gasteiger partial charge in [0, 0.05) is 23.7 Å². The fourth-order valence-electron chi connectivity index (χ4n) is 4.22. The van der Waals surface area contributed by atoms with Crippen molar-refractivity contribution in [2.24, 2.45) is 5.92 Å². The summed E-state index contributed by atoms with van der Waals surface area (Å²) < 4.78 is 0. The summed E-state index contributed by atoms with van der Waals surface area (Å²) >= 11 is 0. The molecule has 2 aromatic rings. The molecule has 1 aromatic carbocycles. The van der Waals surface area contributed by atoms with E-state index in [1.54, 1.807) is 0 Å². The molecule has 1 N–H and O–H groups in total. The highest BCUT2D eigenvalue weighted by Gasteiger charge is 2.35. The summed E-state index contributed by atoms with van der Waals surface area (Å²) in [7, 11) is 0. The number of pyridine rings is 1. The summed E-state index contributed by atoms with van der Waals surface area (Å²) in [5, 5.41) is 4.37. The normalized spacial score (nSPS) is 25.8. The Kier molecular flexibility index (Phi) is 4.01. The summed E-state index contributed by atoms with van der Waals surface area (Å²) in [6.45, 7) is 7.56. The van der Waals surface area contributed by atoms with Gasteiger partial charge in [-0.2, -0.15) is 0 Å². The molecule has 2 bridgehead atoms. The molecule has 0 radical (unpaired) electrons. The van der Waals surface area contributed by atoms with Gasteiger partial charge in [0.25, 0.3) is 5.91 Å². The Bertz CT molecular complexity index is 778. The van der Waals surface area contributed by atoms with E-state index in [1.165, 1.54) is 31.5 Å². The number of hydrogen-bond donors (Lipinski definition) is 1. The summed E-state index contributed by atoms with van der Waals surface area (Å²) in [4.78, 5) is 20.2. The van der Waals surface area contributed by atoms with Crippen LogP contribution in [0.15, 0.2) is 24.3 Å². The van der Waals surface area contributed by atoms with E-state index in [-0.39, 0.29) is 11.9 Å². The molecule has 5 rings (SSSR count). The van der Waals surface area contributed by atoms with Gasteiger partial charge in [-0.25, -0.2) is 0 Å². The van der Waals surface area contributed by atoms with Crippen LogP contribution in [0, 0.1) is 12.8 Å². The number of amides is 1. The van der Waals surface area contributed by atoms with Gasteiger partial charge in [0.15, 0.2) is 0 Å². The van der Waals surface area contributed by atoms with E-state index in [4.69, 9.17) is 4.98 Å². The molecule has 1 amide bonds. The van der Waals surface area contributed by atoms with E-state index in [0.29, 0.717) is 11.5 Å². The lowest BCUT2D eigenvalue weighted by atomic mass is 9.84. The molecule has 4 nitrogen and oxygen atoms in total. The van der Waals surface area contributed by atoms with Gasteiger partial charge in [0.1, 0.15) is 0 Å². The molecular formula is C20H25N3O. The van der Waals surface area contributed by atoms with Gasteiger partial charge in [0.05, 0.1) is 11.1 Å². The maximum atomic E-state index is 12.9. The van der Waals surface area contributed by atoms with Crippen LogP contribution in [0.5, 0.6) is 0 Å². The van der Waals surface area contributed by atoms with Crippen LogP contribution in [0.25, 0.3) is 10.9 Å². The molecule has 1 unspecified atom stereocenters. The zero-order valence-corrected chi connectivity index (χ0v) is 14.5. The molecule has 4 heteroatoms. The minimum atomic E-state index is 0.0273. The lowest BCUT2D eigenvalue weighted by molar-refractivity contribution is 0.0621. The molecule has 1 aromatic heterocycles. The number of benzene rings is 1. The van der Waals surface area contributed by atoms with Crippen LogP contribution in [0.2, 0.25) is 0 Å². The lowest BCUT2D eigenvalue weighted by Crippen LogP contribution is -2.57. The topological polar surface area (TPSA) is 45.2 Å². The Morgan fingerprint density at radius 2 is 2.12 bits per heavy atom. The molecule has 0 saturated carbocycles. The smallest absolute Gasteiger partial charge is 0.253 e. The molecule has 3 aliphatic heterocycles. The fourth-order valence-corrected chi connectivity index (χ4v) is 4.22. The quantitative estimate of drug-likeness (QED) is 0.944. The number of aromatic nitrogens is 1. The Labute approximate surface area is 143 Å². The molecule has 24 heavy (non-hydrogen) atoms. The van der Waals surface area contributed by atoms with Crippen LogP contribution in [0.3, 0.4) is 0 Å². The average molecular weight is 323 g/mol. The number of piperidine rings is 3. The van der Waals surface area contributed by atoms with Crippen LogP contribution >= 0.6 is 0 Å². The van der Waals surface area contributed by atoms with Crippen molar-refractivity contribution in [1.82, 2.24) is 15.2 Å². The number of fused-ring (bicyclic) bond motifs is 4. The maximum absolute atomic E-state index is 12.9. The highest BCUT2D eigenvalue weighted by atomic mass is 16.1. The van der Waals surface area contributed by atoms with Gasteiger partial charge in [-0.1, -0.05) is 19.1 Å². The minimum Gasteiger partial charge on any atom is -0.348 e. The van der Waals surface area contributed by atoms with E-state index in [2.05, 4.69) is 36.2 Å². The van der Waals surface area contributed by atoms with Crippen LogP contribution in [0.4, 0.5) is 0 Å². The number of carbonyl (C=O) groups is 1. The molecule has 0 spiro atoms. The van der Waals surface area contributed by atoms with E-state index in [9.17, 15) is 4.79 Å². The van der Waals surface area contributed by atoms with Gasteiger partial charge in [-0.15, -0.1) is 0 Å². The fraction of sp³-hybridized carbons (Fsp3) is 0.500. The van der Waals surface area contributed by atoms with Crippen molar-refractivity contribution < 1.29 is 4.79 Å². The monoisotopic (exact) mass is 323 g/mol. The number of rotatable bonds is 3. The molecule has 126 valence electrons. The van der Waals surface area contributed by atoms with Gasteiger partial charge in [-0.3, -0.25) is 9.78 Å². The van der Waals surface area contributed by atoms with E-state index < -0.39 is 0 Å². The first-order valence-corrected chi connectivity index (χ1v) is 9.08. The number of nitrogens with zero attached hydrogens (tertiary/aromatic N) is 2. The Morgan fingerprint density at radius 3 is 2.79 bits per heavy atom. The first-order valence-electron chi connectivity index (χ1n) is 9.08. The number of nitrogens with one attached hydrogen (secondary N) is 1. The van der Waals surface area contributed by atoms with Crippen LogP contribution in [-0.4, -0.2) is 41.5 Å². The zero-order chi connectivity index (χ0) is 16.7. The highest BCUT2D eigenvalue weighted by Crippen LogP contribution is 2.28. The van der Waals surface area contributed by atoms with E-state index in [1.807, 2.05) is 12.1 Å². The summed E-state index contributed by atoms with van der Waals surface area (Å²) in [6.07, 6.45) is 3.29. The average Bonchev–Trinajstić information content (AvgIpc) is 2.62. The molecular weight excluding hydrogens is 298 g/mol. The largest absolute Gasteiger partial charge is 0.348 e. The molecule has 3 saturated heterocycles. The van der Waals surface area contributed by atoms with Gasteiger partial charge in [0.2, 0.25) is 0 Å². The summed E-state index contributed by atoms with van der Waals surface area (Å²) in [5.74, 6) is 0.661. The van der Waals surface area contributed by atoms with Gasteiger partial charge in [-0.05, 0) is 62.9 Å². The van der Waals surface area contributed by atoms with Gasteiger partial charge < -0.3 is 10.2 Å². The zero-order valence-electron chi connectivity index (χ0n) is 14.5. The highest BCUT2D eigenvalue weighted by molar-refractivity contribution is 6.06. The Balaban J connectivity index is 1.65. The third-order valence-electron chi connectivity index (χ3n) is 5.68. The lowest BCUT2D eigenvalue weighted by Gasteiger charge is -2.44. The molecule has 3 fully saturated rings. The molecule has 1 atom stereocenters. The summed E-state index contributed by atoms with van der Waals surface area (Å²) in [5.41, 5.74) is 3.79. The van der Waals surface area contributed by atoms with Gasteiger partial charge >= 0.3 is 0 Å². The van der Waals surface area contributed by atoms with Crippen molar-refractivity contribution in [3.63, 3.8) is 0 Å². The third kappa shape index (κ3) is 2.69. The van der Waals surface area contributed by atoms with Crippen molar-refractivity contribution in [2.75, 3.05) is 19.6 Å². The minimum absolute atomic E-state index is 0.0273. The van der Waals surface area contributed by atoms with Crippen molar-refractivity contribution in [3.8, 4) is 0 Å². The second-order valence-corrected chi connectivity index (χ2v) is 7.20. The molecule has 4 heterocycles. The second kappa shape index (κ2) is 6.17. The number of para-hydroxylation sites is 1. The van der Waals surface area contributed by atoms with Crippen LogP contribution in [-0.2, 0) is 6.42 Å². The Morgan fingerprint density at radius 1 is 1.33 bits per heavy atom. The number of aryl methyl sites for hydroxylation is 2. The van der Waals surface area contributed by atoms with Crippen LogP contribution < -0.4 is 5.32 Å². The second-order valence-electron chi connectivity index (χ2n) is 7.20. The standard InChI is InChI=1S/C20H25N3O/c1-3-15-11-13(2)16-5-4-6-17(19(16)21-15)20(24)22-18-12-23-9-7-14(18)8-10-23/h4-6,11,14,18H,3,7-10,12H2,1-2H3,(H,22,24). The third-order valence-corrected chi connectivity index (χ3v) is 5.68. The van der Waals surface area contributed by atoms with Crippen molar-refractivity contribution in [1.29, 1.82) is 0 Å². The maximum Gasteiger partial charge on any atom is 0.253 e. The first-order chi connectivity index (χ1) is 11.7. The molecule has 0 aliphatic carbocycles. The molecule has 3 aliphatic rings. The first kappa shape index (κ1) is 15.6. The van der Waals surface area contributed by atoms with Crippen molar-refractivity contribution in [3.05, 3.63) is 41.1 Å². The predicted octanol–water partition coefficient (Wildman–Crippen LogP) is 2.93. The predicted molar refractivity (Wildman–Crippen MR) is 96.3 cm³/mol. The van der Waals surface area contributed by atoms with E-state index >= 15 is 0 Å². The number of carbonyl (C=O) groups excluding carboxylic acids is 1. The number of hydrogen-bond acceptors (Lipinski definition) is 3. The Hall–Kier alpha value is -1.94. The SMILES string of the molecule is CCc1cc(C)c2cccc(C(=O)NC3CN4CCC3CC4)c2n1. The van der Waals surface area contributed by atoms with Crippen molar-refractivity contribution in [2.45, 2.75) is 39.2 Å². The van der Waals surface area contributed by atoms with Crippen LogP contribution in [0.1, 0.15) is 41.4 Å². The summed E-state index contributed by atoms with van der Waals surface area (Å²) in [6, 6.07) is 8.34. The van der Waals surface area contributed by atoms with Crippen molar-refractivity contribution >= 4 is 16.8 Å². The van der Waals surface area contributed by atoms with E-state index in [0.717, 1.165) is 29.6 Å².